The Bertz CT molecular complexity index is 764. The summed E-state index contributed by atoms with van der Waals surface area (Å²) in [6, 6.07) is 5.63. The van der Waals surface area contributed by atoms with Crippen molar-refractivity contribution in [2.45, 2.75) is 51.5 Å². The molecule has 1 N–H and O–H groups in total. The van der Waals surface area contributed by atoms with Crippen molar-refractivity contribution >= 4 is 29.2 Å². The van der Waals surface area contributed by atoms with Gasteiger partial charge in [-0.1, -0.05) is 31.4 Å². The smallest absolute Gasteiger partial charge is 0.324 e. The largest absolute Gasteiger partial charge is 0.490 e. The maximum atomic E-state index is 13.1. The number of hydrogen-bond donors (Lipinski definition) is 1. The van der Waals surface area contributed by atoms with Gasteiger partial charge >= 0.3 is 6.03 Å². The number of likely N-dealkylation sites (tertiary alicyclic amines) is 1. The summed E-state index contributed by atoms with van der Waals surface area (Å²) >= 11 is 6.13. The molecule has 6 nitrogen and oxygen atoms in total. The molecule has 1 aliphatic carbocycles. The lowest BCUT2D eigenvalue weighted by atomic mass is 9.85. The number of rotatable bonds is 2. The van der Waals surface area contributed by atoms with Gasteiger partial charge < -0.3 is 15.0 Å². The number of anilines is 1. The lowest BCUT2D eigenvalue weighted by molar-refractivity contribution is -0.127. The highest BCUT2D eigenvalue weighted by molar-refractivity contribution is 6.31. The van der Waals surface area contributed by atoms with Crippen LogP contribution >= 0.6 is 11.6 Å². The quantitative estimate of drug-likeness (QED) is 0.786. The number of benzene rings is 1. The Morgan fingerprint density at radius 2 is 1.86 bits per heavy atom. The molecule has 0 spiro atoms. The van der Waals surface area contributed by atoms with Gasteiger partial charge in [0.2, 0.25) is 5.91 Å². The molecule has 2 heterocycles. The molecule has 2 atom stereocenters. The molecule has 0 bridgehead atoms. The topological polar surface area (TPSA) is 61.9 Å². The van der Waals surface area contributed by atoms with Gasteiger partial charge in [-0.2, -0.15) is 0 Å². The molecule has 2 fully saturated rings. The van der Waals surface area contributed by atoms with Crippen molar-refractivity contribution in [3.63, 3.8) is 0 Å². The number of nitrogens with one attached hydrogen (secondary N) is 1. The predicted octanol–water partition coefficient (Wildman–Crippen LogP) is 4.07. The fourth-order valence-electron chi connectivity index (χ4n) is 4.72. The third-order valence-electron chi connectivity index (χ3n) is 6.59. The normalized spacial score (nSPS) is 25.2. The number of carbonyl (C=O) groups excluding carboxylic acids is 2. The monoisotopic (exact) mass is 419 g/mol. The highest BCUT2D eigenvalue weighted by Crippen LogP contribution is 2.35. The van der Waals surface area contributed by atoms with E-state index in [1.165, 1.54) is 19.3 Å². The lowest BCUT2D eigenvalue weighted by Crippen LogP contribution is -2.51. The molecular formula is C22H30ClN3O3. The molecule has 3 amide bonds. The van der Waals surface area contributed by atoms with E-state index in [2.05, 4.69) is 12.2 Å². The van der Waals surface area contributed by atoms with Crippen LogP contribution in [-0.4, -0.2) is 49.1 Å². The first-order valence-corrected chi connectivity index (χ1v) is 11.2. The van der Waals surface area contributed by atoms with Crippen LogP contribution < -0.4 is 15.0 Å². The van der Waals surface area contributed by atoms with E-state index in [4.69, 9.17) is 16.3 Å². The van der Waals surface area contributed by atoms with E-state index < -0.39 is 0 Å². The molecule has 0 aromatic heterocycles. The number of ether oxygens (including phenoxy) is 1. The molecule has 0 radical (unpaired) electrons. The number of fused-ring (bicyclic) bond motifs is 1. The average molecular weight is 420 g/mol. The number of halogens is 1. The molecule has 1 saturated heterocycles. The standard InChI is InChI=1S/C22H30ClN3O3/c1-15-4-2-3-5-18(15)24-21(27)16-8-10-25(11-9-16)22(28)26-12-13-29-20-7-6-17(23)14-19(20)26/h6-7,14-16,18H,2-5,8-13H2,1H3,(H,24,27). The molecule has 1 aromatic carbocycles. The van der Waals surface area contributed by atoms with Gasteiger partial charge in [0.25, 0.3) is 0 Å². The van der Waals surface area contributed by atoms with Crippen LogP contribution in [0.1, 0.15) is 45.4 Å². The van der Waals surface area contributed by atoms with Gasteiger partial charge in [-0.25, -0.2) is 4.79 Å². The Morgan fingerprint density at radius 3 is 2.62 bits per heavy atom. The SMILES string of the molecule is CC1CCCCC1NC(=O)C1CCN(C(=O)N2CCOc3ccc(Cl)cc32)CC1. The number of urea groups is 1. The minimum Gasteiger partial charge on any atom is -0.490 e. The molecule has 158 valence electrons. The number of nitrogens with zero attached hydrogens (tertiary/aromatic N) is 2. The average Bonchev–Trinajstić information content (AvgIpc) is 2.74. The van der Waals surface area contributed by atoms with E-state index in [1.54, 1.807) is 23.1 Å². The third-order valence-corrected chi connectivity index (χ3v) is 6.83. The summed E-state index contributed by atoms with van der Waals surface area (Å²) in [5.41, 5.74) is 0.722. The summed E-state index contributed by atoms with van der Waals surface area (Å²) in [5, 5.41) is 3.86. The summed E-state index contributed by atoms with van der Waals surface area (Å²) in [5.74, 6) is 1.41. The van der Waals surface area contributed by atoms with Crippen molar-refractivity contribution < 1.29 is 14.3 Å². The number of amides is 3. The summed E-state index contributed by atoms with van der Waals surface area (Å²) in [7, 11) is 0. The van der Waals surface area contributed by atoms with E-state index in [1.807, 2.05) is 4.90 Å². The van der Waals surface area contributed by atoms with Gasteiger partial charge in [0.1, 0.15) is 12.4 Å². The summed E-state index contributed by atoms with van der Waals surface area (Å²) < 4.78 is 5.65. The van der Waals surface area contributed by atoms with Crippen LogP contribution in [0.2, 0.25) is 5.02 Å². The molecule has 7 heteroatoms. The van der Waals surface area contributed by atoms with Crippen LogP contribution in [0.5, 0.6) is 5.75 Å². The molecule has 1 saturated carbocycles. The van der Waals surface area contributed by atoms with Crippen molar-refractivity contribution in [1.82, 2.24) is 10.2 Å². The van der Waals surface area contributed by atoms with Crippen molar-refractivity contribution in [3.8, 4) is 5.75 Å². The molecule has 29 heavy (non-hydrogen) atoms. The summed E-state index contributed by atoms with van der Waals surface area (Å²) in [6.45, 7) is 4.41. The van der Waals surface area contributed by atoms with Gasteiger partial charge in [0.15, 0.2) is 0 Å². The molecule has 4 rings (SSSR count). The summed E-state index contributed by atoms with van der Waals surface area (Å²) in [6.07, 6.45) is 6.18. The fourth-order valence-corrected chi connectivity index (χ4v) is 4.89. The van der Waals surface area contributed by atoms with Crippen LogP contribution in [0.25, 0.3) is 0 Å². The zero-order valence-electron chi connectivity index (χ0n) is 17.0. The Labute approximate surface area is 177 Å². The van der Waals surface area contributed by atoms with Crippen molar-refractivity contribution in [2.24, 2.45) is 11.8 Å². The van der Waals surface area contributed by atoms with Crippen molar-refractivity contribution in [1.29, 1.82) is 0 Å². The lowest BCUT2D eigenvalue weighted by Gasteiger charge is -2.38. The van der Waals surface area contributed by atoms with E-state index in [-0.39, 0.29) is 17.9 Å². The second-order valence-corrected chi connectivity index (χ2v) is 8.97. The minimum atomic E-state index is -0.0309. The van der Waals surface area contributed by atoms with Crippen molar-refractivity contribution in [3.05, 3.63) is 23.2 Å². The Morgan fingerprint density at radius 1 is 1.10 bits per heavy atom. The third kappa shape index (κ3) is 4.47. The minimum absolute atomic E-state index is 0.000374. The van der Waals surface area contributed by atoms with Gasteiger partial charge in [0, 0.05) is 30.1 Å². The van der Waals surface area contributed by atoms with E-state index in [9.17, 15) is 9.59 Å². The van der Waals surface area contributed by atoms with Crippen LogP contribution in [0.15, 0.2) is 18.2 Å². The maximum Gasteiger partial charge on any atom is 0.324 e. The van der Waals surface area contributed by atoms with Crippen LogP contribution in [0.3, 0.4) is 0 Å². The van der Waals surface area contributed by atoms with Gasteiger partial charge in [-0.3, -0.25) is 9.69 Å². The van der Waals surface area contributed by atoms with Crippen LogP contribution in [0.4, 0.5) is 10.5 Å². The number of carbonyl (C=O) groups is 2. The zero-order valence-corrected chi connectivity index (χ0v) is 17.8. The van der Waals surface area contributed by atoms with Gasteiger partial charge in [-0.05, 0) is 49.8 Å². The first-order chi connectivity index (χ1) is 14.0. The zero-order chi connectivity index (χ0) is 20.4. The van der Waals surface area contributed by atoms with E-state index >= 15 is 0 Å². The maximum absolute atomic E-state index is 13.1. The molecule has 1 aromatic rings. The predicted molar refractivity (Wildman–Crippen MR) is 114 cm³/mol. The van der Waals surface area contributed by atoms with Crippen molar-refractivity contribution in [2.75, 3.05) is 31.1 Å². The van der Waals surface area contributed by atoms with E-state index in [0.29, 0.717) is 61.8 Å². The molecular weight excluding hydrogens is 390 g/mol. The molecule has 2 aliphatic heterocycles. The summed E-state index contributed by atoms with van der Waals surface area (Å²) in [4.78, 5) is 29.4. The highest BCUT2D eigenvalue weighted by Gasteiger charge is 2.33. The van der Waals surface area contributed by atoms with Gasteiger partial charge in [0.05, 0.1) is 12.2 Å². The number of piperidine rings is 1. The first kappa shape index (κ1) is 20.3. The molecule has 3 aliphatic rings. The second-order valence-electron chi connectivity index (χ2n) is 8.53. The first-order valence-electron chi connectivity index (χ1n) is 10.8. The Kier molecular flexibility index (Phi) is 6.18. The Balaban J connectivity index is 1.33. The fraction of sp³-hybridized carbons (Fsp3) is 0.636. The van der Waals surface area contributed by atoms with Gasteiger partial charge in [-0.15, -0.1) is 0 Å². The second kappa shape index (κ2) is 8.82. The van der Waals surface area contributed by atoms with Crippen LogP contribution in [-0.2, 0) is 4.79 Å². The van der Waals surface area contributed by atoms with Crippen LogP contribution in [0, 0.1) is 11.8 Å². The molecule has 2 unspecified atom stereocenters. The highest BCUT2D eigenvalue weighted by atomic mass is 35.5. The number of hydrogen-bond acceptors (Lipinski definition) is 3. The van der Waals surface area contributed by atoms with E-state index in [0.717, 1.165) is 12.1 Å². The Hall–Kier alpha value is -1.95.